The maximum Gasteiger partial charge on any atom is 0.277 e. The van der Waals surface area contributed by atoms with Crippen molar-refractivity contribution in [3.63, 3.8) is 0 Å². The first-order chi connectivity index (χ1) is 11.5. The molecule has 0 aromatic heterocycles. The van der Waals surface area contributed by atoms with E-state index in [1.165, 1.54) is 18.2 Å². The largest absolute Gasteiger partial charge is 0.385 e. The number of rotatable bonds is 8. The predicted octanol–water partition coefficient (Wildman–Crippen LogP) is 2.58. The van der Waals surface area contributed by atoms with E-state index in [0.717, 1.165) is 0 Å². The molecule has 0 amide bonds. The van der Waals surface area contributed by atoms with Crippen molar-refractivity contribution in [3.8, 4) is 11.1 Å². The van der Waals surface area contributed by atoms with Gasteiger partial charge in [-0.1, -0.05) is 24.3 Å². The molecular weight excluding hydrogens is 332 g/mol. The Balaban J connectivity index is 2.21. The summed E-state index contributed by atoms with van der Waals surface area (Å²) < 4.78 is 31.7. The zero-order valence-electron chi connectivity index (χ0n) is 13.1. The van der Waals surface area contributed by atoms with E-state index in [1.54, 1.807) is 37.4 Å². The van der Waals surface area contributed by atoms with Crippen molar-refractivity contribution in [2.24, 2.45) is 0 Å². The lowest BCUT2D eigenvalue weighted by Crippen LogP contribution is -2.25. The molecule has 0 bridgehead atoms. The van der Waals surface area contributed by atoms with E-state index in [2.05, 4.69) is 4.72 Å². The summed E-state index contributed by atoms with van der Waals surface area (Å²) in [4.78, 5) is 10.7. The maximum absolute atomic E-state index is 12.2. The number of sulfonamides is 1. The van der Waals surface area contributed by atoms with E-state index in [-0.39, 0.29) is 17.1 Å². The fourth-order valence-electron chi connectivity index (χ4n) is 2.20. The van der Waals surface area contributed by atoms with Crippen LogP contribution in [0.1, 0.15) is 6.42 Å². The number of nitrogens with one attached hydrogen (secondary N) is 1. The highest BCUT2D eigenvalue weighted by Crippen LogP contribution is 2.29. The van der Waals surface area contributed by atoms with Gasteiger partial charge in [0.05, 0.1) is 15.4 Å². The molecule has 0 aliphatic carbocycles. The third kappa shape index (κ3) is 4.38. The lowest BCUT2D eigenvalue weighted by Gasteiger charge is -2.08. The zero-order chi connectivity index (χ0) is 17.6. The quantitative estimate of drug-likeness (QED) is 0.448. The highest BCUT2D eigenvalue weighted by atomic mass is 32.2. The third-order valence-electron chi connectivity index (χ3n) is 3.39. The van der Waals surface area contributed by atoms with Crippen molar-refractivity contribution in [1.29, 1.82) is 0 Å². The predicted molar refractivity (Wildman–Crippen MR) is 90.2 cm³/mol. The SMILES string of the molecule is COCCCNS(=O)(=O)c1ccc(-c2ccccc2[N+](=O)[O-])cc1. The number of para-hydroxylation sites is 1. The molecule has 0 fully saturated rings. The van der Waals surface area contributed by atoms with Crippen LogP contribution in [0.4, 0.5) is 5.69 Å². The van der Waals surface area contributed by atoms with Crippen LogP contribution in [0.15, 0.2) is 53.4 Å². The van der Waals surface area contributed by atoms with Crippen LogP contribution in [0.5, 0.6) is 0 Å². The third-order valence-corrected chi connectivity index (χ3v) is 4.87. The van der Waals surface area contributed by atoms with Crippen LogP contribution in [0, 0.1) is 10.1 Å². The van der Waals surface area contributed by atoms with Crippen LogP contribution in [0.3, 0.4) is 0 Å². The van der Waals surface area contributed by atoms with E-state index in [1.807, 2.05) is 0 Å². The lowest BCUT2D eigenvalue weighted by molar-refractivity contribution is -0.384. The molecule has 0 spiro atoms. The molecule has 0 radical (unpaired) electrons. The molecule has 8 heteroatoms. The van der Waals surface area contributed by atoms with Crippen LogP contribution >= 0.6 is 0 Å². The van der Waals surface area contributed by atoms with Gasteiger partial charge in [-0.2, -0.15) is 0 Å². The van der Waals surface area contributed by atoms with Crippen molar-refractivity contribution in [1.82, 2.24) is 4.72 Å². The minimum absolute atomic E-state index is 0.0224. The molecule has 0 saturated carbocycles. The van der Waals surface area contributed by atoms with Crippen LogP contribution in [0.2, 0.25) is 0 Å². The smallest absolute Gasteiger partial charge is 0.277 e. The molecule has 1 N–H and O–H groups in total. The Bertz CT molecular complexity index is 803. The topological polar surface area (TPSA) is 98.5 Å². The Morgan fingerprint density at radius 1 is 1.12 bits per heavy atom. The maximum atomic E-state index is 12.2. The number of nitro benzene ring substituents is 1. The monoisotopic (exact) mass is 350 g/mol. The second-order valence-corrected chi connectivity index (χ2v) is 6.81. The highest BCUT2D eigenvalue weighted by molar-refractivity contribution is 7.89. The summed E-state index contributed by atoms with van der Waals surface area (Å²) in [7, 11) is -2.05. The zero-order valence-corrected chi connectivity index (χ0v) is 14.0. The Labute approximate surface area is 140 Å². The van der Waals surface area contributed by atoms with Crippen LogP contribution in [0.25, 0.3) is 11.1 Å². The van der Waals surface area contributed by atoms with E-state index in [9.17, 15) is 18.5 Å². The normalized spacial score (nSPS) is 11.4. The number of nitrogens with zero attached hydrogens (tertiary/aromatic N) is 1. The second-order valence-electron chi connectivity index (χ2n) is 5.04. The second kappa shape index (κ2) is 8.00. The summed E-state index contributed by atoms with van der Waals surface area (Å²) in [6, 6.07) is 12.3. The molecule has 0 unspecified atom stereocenters. The van der Waals surface area contributed by atoms with Gasteiger partial charge >= 0.3 is 0 Å². The van der Waals surface area contributed by atoms with Gasteiger partial charge in [0, 0.05) is 26.3 Å². The fraction of sp³-hybridized carbons (Fsp3) is 0.250. The summed E-state index contributed by atoms with van der Waals surface area (Å²) in [6.45, 7) is 0.751. The van der Waals surface area contributed by atoms with Gasteiger partial charge in [0.25, 0.3) is 5.69 Å². The minimum Gasteiger partial charge on any atom is -0.385 e. The molecule has 0 aliphatic heterocycles. The highest BCUT2D eigenvalue weighted by Gasteiger charge is 2.16. The molecule has 24 heavy (non-hydrogen) atoms. The van der Waals surface area contributed by atoms with Gasteiger partial charge in [0.15, 0.2) is 0 Å². The summed E-state index contributed by atoms with van der Waals surface area (Å²) in [6.07, 6.45) is 0.573. The van der Waals surface area contributed by atoms with E-state index in [0.29, 0.717) is 24.2 Å². The Kier molecular flexibility index (Phi) is 6.02. The van der Waals surface area contributed by atoms with Gasteiger partial charge in [-0.25, -0.2) is 13.1 Å². The number of ether oxygens (including phenoxy) is 1. The number of nitro groups is 1. The van der Waals surface area contributed by atoms with E-state index in [4.69, 9.17) is 4.74 Å². The number of benzene rings is 2. The summed E-state index contributed by atoms with van der Waals surface area (Å²) >= 11 is 0. The average Bonchev–Trinajstić information content (AvgIpc) is 2.59. The summed E-state index contributed by atoms with van der Waals surface area (Å²) in [5.74, 6) is 0. The van der Waals surface area contributed by atoms with Gasteiger partial charge in [0.1, 0.15) is 0 Å². The molecule has 0 aliphatic rings. The van der Waals surface area contributed by atoms with Crippen molar-refractivity contribution in [3.05, 3.63) is 58.6 Å². The number of methoxy groups -OCH3 is 1. The number of hydrogen-bond donors (Lipinski definition) is 1. The molecule has 2 aromatic carbocycles. The fourth-order valence-corrected chi connectivity index (χ4v) is 3.27. The molecule has 0 saturated heterocycles. The number of hydrogen-bond acceptors (Lipinski definition) is 5. The van der Waals surface area contributed by atoms with Crippen molar-refractivity contribution < 1.29 is 18.1 Å². The van der Waals surface area contributed by atoms with E-state index >= 15 is 0 Å². The van der Waals surface area contributed by atoms with Crippen molar-refractivity contribution in [2.45, 2.75) is 11.3 Å². The van der Waals surface area contributed by atoms with Gasteiger partial charge in [-0.3, -0.25) is 10.1 Å². The average molecular weight is 350 g/mol. The Morgan fingerprint density at radius 3 is 2.42 bits per heavy atom. The molecular formula is C16H18N2O5S. The molecule has 0 atom stereocenters. The molecule has 0 heterocycles. The van der Waals surface area contributed by atoms with Crippen LogP contribution in [-0.2, 0) is 14.8 Å². The first kappa shape index (κ1) is 18.1. The first-order valence-corrected chi connectivity index (χ1v) is 8.76. The van der Waals surface area contributed by atoms with Crippen LogP contribution in [-0.4, -0.2) is 33.6 Å². The summed E-state index contributed by atoms with van der Waals surface area (Å²) in [5, 5.41) is 11.1. The Hall–Kier alpha value is -2.29. The Morgan fingerprint density at radius 2 is 1.79 bits per heavy atom. The van der Waals surface area contributed by atoms with E-state index < -0.39 is 14.9 Å². The van der Waals surface area contributed by atoms with Gasteiger partial charge < -0.3 is 4.74 Å². The van der Waals surface area contributed by atoms with Crippen molar-refractivity contribution >= 4 is 15.7 Å². The lowest BCUT2D eigenvalue weighted by atomic mass is 10.0. The summed E-state index contributed by atoms with van der Waals surface area (Å²) in [5.41, 5.74) is 1.01. The molecule has 2 aromatic rings. The van der Waals surface area contributed by atoms with Gasteiger partial charge in [-0.05, 0) is 30.2 Å². The first-order valence-electron chi connectivity index (χ1n) is 7.28. The standard InChI is InChI=1S/C16H18N2O5S/c1-23-12-4-11-17-24(21,22)14-9-7-13(8-10-14)15-5-2-3-6-16(15)18(19)20/h2-3,5-10,17H,4,11-12H2,1H3. The van der Waals surface area contributed by atoms with Gasteiger partial charge in [0.2, 0.25) is 10.0 Å². The van der Waals surface area contributed by atoms with Crippen LogP contribution < -0.4 is 4.72 Å². The minimum atomic E-state index is -3.61. The molecule has 2 rings (SSSR count). The molecule has 7 nitrogen and oxygen atoms in total. The molecule has 128 valence electrons. The van der Waals surface area contributed by atoms with Gasteiger partial charge in [-0.15, -0.1) is 0 Å². The van der Waals surface area contributed by atoms with Crippen molar-refractivity contribution in [2.75, 3.05) is 20.3 Å².